The van der Waals surface area contributed by atoms with Crippen LogP contribution in [-0.2, 0) is 26.4 Å². The molecule has 0 aromatic heterocycles. The molecule has 6 aromatic rings. The number of benzene rings is 6. The third kappa shape index (κ3) is 9.31. The molecule has 0 bridgehead atoms. The summed E-state index contributed by atoms with van der Waals surface area (Å²) in [5.74, 6) is 0. The van der Waals surface area contributed by atoms with Crippen LogP contribution in [0.4, 0.5) is 0 Å². The zero-order valence-corrected chi connectivity index (χ0v) is 30.3. The van der Waals surface area contributed by atoms with Gasteiger partial charge in [0.05, 0.1) is 0 Å². The normalized spacial score (nSPS) is 11.4. The van der Waals surface area contributed by atoms with Crippen molar-refractivity contribution in [3.63, 3.8) is 0 Å². The van der Waals surface area contributed by atoms with E-state index in [1.54, 1.807) is 0 Å². The van der Waals surface area contributed by atoms with Crippen molar-refractivity contribution in [1.82, 2.24) is 0 Å². The summed E-state index contributed by atoms with van der Waals surface area (Å²) in [7, 11) is 0. The van der Waals surface area contributed by atoms with Gasteiger partial charge in [0, 0.05) is 0 Å². The summed E-state index contributed by atoms with van der Waals surface area (Å²) in [5, 5.41) is 0. The van der Waals surface area contributed by atoms with Gasteiger partial charge in [-0.15, -0.1) is 17.5 Å². The first-order chi connectivity index (χ1) is 22.5. The zero-order chi connectivity index (χ0) is 31.7. The molecule has 3 heteroatoms. The second-order valence-corrected chi connectivity index (χ2v) is 12.5. The SMILES string of the molecule is Cc1ccc([C](=[Ti+2])c2ccc(C)cc2)cc1.[C-]1=CC=CC1.[Cl-].[Cl-].[c-]1cc(-c2ccccc2)cc2c1Cc1ccc(-c3ccccc3)cc1-2. The van der Waals surface area contributed by atoms with E-state index >= 15 is 0 Å². The third-order valence-corrected chi connectivity index (χ3v) is 9.18. The van der Waals surface area contributed by atoms with Crippen molar-refractivity contribution < 1.29 is 44.8 Å². The molecule has 0 saturated carbocycles. The monoisotopic (exact) mass is 694 g/mol. The molecule has 0 spiro atoms. The minimum absolute atomic E-state index is 0. The van der Waals surface area contributed by atoms with Crippen LogP contribution in [-0.4, -0.2) is 3.81 Å². The van der Waals surface area contributed by atoms with Gasteiger partial charge in [0.1, 0.15) is 0 Å². The number of hydrogen-bond acceptors (Lipinski definition) is 0. The fourth-order valence-electron chi connectivity index (χ4n) is 5.64. The molecule has 0 aliphatic heterocycles. The zero-order valence-electron chi connectivity index (χ0n) is 27.2. The smallest absolute Gasteiger partial charge is 0.0184 e. The molecule has 0 unspecified atom stereocenters. The maximum atomic E-state index is 3.52. The molecule has 0 amide bonds. The fraction of sp³-hybridized carbons (Fsp3) is 0.0889. The molecule has 48 heavy (non-hydrogen) atoms. The fourth-order valence-corrected chi connectivity index (χ4v) is 6.16. The van der Waals surface area contributed by atoms with Crippen LogP contribution in [0.2, 0.25) is 0 Å². The molecule has 0 N–H and O–H groups in total. The van der Waals surface area contributed by atoms with E-state index in [1.165, 1.54) is 70.6 Å². The Morgan fingerprint density at radius 1 is 0.583 bits per heavy atom. The molecule has 2 aliphatic rings. The second kappa shape index (κ2) is 17.9. The number of fused-ring (bicyclic) bond motifs is 3. The van der Waals surface area contributed by atoms with Gasteiger partial charge in [-0.2, -0.15) is 29.8 Å². The molecule has 0 nitrogen and oxygen atoms in total. The average Bonchev–Trinajstić information content (AvgIpc) is 3.82. The van der Waals surface area contributed by atoms with Crippen molar-refractivity contribution in [3.05, 3.63) is 203 Å². The first-order valence-electron chi connectivity index (χ1n) is 15.8. The van der Waals surface area contributed by atoms with Gasteiger partial charge in [0.25, 0.3) is 0 Å². The summed E-state index contributed by atoms with van der Waals surface area (Å²) in [5.41, 5.74) is 15.6. The molecule has 0 radical (unpaired) electrons. The van der Waals surface area contributed by atoms with E-state index in [0.717, 1.165) is 12.8 Å². The summed E-state index contributed by atoms with van der Waals surface area (Å²) < 4.78 is 1.33. The Bertz CT molecular complexity index is 1850. The van der Waals surface area contributed by atoms with Gasteiger partial charge >= 0.3 is 108 Å². The quantitative estimate of drug-likeness (QED) is 0.177. The number of rotatable bonds is 4. The Morgan fingerprint density at radius 2 is 1.12 bits per heavy atom. The van der Waals surface area contributed by atoms with Gasteiger partial charge in [-0.05, 0) is 17.5 Å². The molecule has 2 aliphatic carbocycles. The number of allylic oxidation sites excluding steroid dienone is 4. The first kappa shape index (κ1) is 36.8. The van der Waals surface area contributed by atoms with Gasteiger partial charge in [0.15, 0.2) is 0 Å². The molecule has 236 valence electrons. The largest absolute Gasteiger partial charge is 1.00 e. The van der Waals surface area contributed by atoms with E-state index in [0.29, 0.717) is 0 Å². The average molecular weight is 696 g/mol. The van der Waals surface area contributed by atoms with E-state index in [2.05, 4.69) is 192 Å². The van der Waals surface area contributed by atoms with Crippen LogP contribution in [0.25, 0.3) is 33.4 Å². The summed E-state index contributed by atoms with van der Waals surface area (Å²) in [6.07, 6.45) is 11.0. The molecule has 0 atom stereocenters. The molecular formula is C45H36Cl2Ti-2. The van der Waals surface area contributed by atoms with Crippen molar-refractivity contribution in [2.24, 2.45) is 0 Å². The van der Waals surface area contributed by atoms with Crippen LogP contribution in [0.15, 0.2) is 158 Å². The van der Waals surface area contributed by atoms with E-state index in [1.807, 2.05) is 12.2 Å². The Morgan fingerprint density at radius 3 is 1.62 bits per heavy atom. The Labute approximate surface area is 310 Å². The molecule has 0 heterocycles. The molecular weight excluding hydrogens is 659 g/mol. The topological polar surface area (TPSA) is 0 Å². The van der Waals surface area contributed by atoms with Gasteiger partial charge in [-0.25, -0.2) is 12.2 Å². The van der Waals surface area contributed by atoms with E-state index < -0.39 is 0 Å². The van der Waals surface area contributed by atoms with Crippen LogP contribution in [0, 0.1) is 26.0 Å². The maximum absolute atomic E-state index is 3.52. The predicted octanol–water partition coefficient (Wildman–Crippen LogP) is 5.12. The summed E-state index contributed by atoms with van der Waals surface area (Å²) in [6, 6.07) is 53.3. The molecule has 8 rings (SSSR count). The number of aryl methyl sites for hydroxylation is 2. The van der Waals surface area contributed by atoms with Crippen LogP contribution < -0.4 is 24.8 Å². The van der Waals surface area contributed by atoms with Crippen molar-refractivity contribution in [1.29, 1.82) is 0 Å². The number of hydrogen-bond donors (Lipinski definition) is 0. The van der Waals surface area contributed by atoms with Gasteiger partial charge < -0.3 is 24.8 Å². The van der Waals surface area contributed by atoms with Gasteiger partial charge in [-0.1, -0.05) is 95.6 Å². The Balaban J connectivity index is 0.000000195. The van der Waals surface area contributed by atoms with Crippen molar-refractivity contribution in [2.45, 2.75) is 26.7 Å². The standard InChI is InChI=1S/C25H17.C15H14.C5H5.2ClH.Ti/c1-3-7-18(8-4-1)20-11-13-22-15-23-14-12-21(17-25(23)24(22)16-20)19-9-5-2-6-10-19;1-12-3-7-14(8-4-12)11-15-9-5-13(2)6-10-15;1-2-4-5-3-1;;;/h1-13,16-17H,15H2;3-10H,1-2H3;1-3H,4H2;2*1H;/q-1;;-1;;;+2/p-2. The minimum atomic E-state index is 0. The first-order valence-corrected chi connectivity index (χ1v) is 16.6. The van der Waals surface area contributed by atoms with Crippen LogP contribution in [0.3, 0.4) is 0 Å². The van der Waals surface area contributed by atoms with Crippen molar-refractivity contribution in [2.75, 3.05) is 0 Å². The summed E-state index contributed by atoms with van der Waals surface area (Å²) in [4.78, 5) is 0. The molecule has 0 fully saturated rings. The minimum Gasteiger partial charge on any atom is -1.00 e. The second-order valence-electron chi connectivity index (χ2n) is 11.7. The predicted molar refractivity (Wildman–Crippen MR) is 192 cm³/mol. The Hall–Kier alpha value is -4.04. The summed E-state index contributed by atoms with van der Waals surface area (Å²) in [6.45, 7) is 4.23. The summed E-state index contributed by atoms with van der Waals surface area (Å²) >= 11 is 2.18. The number of halogens is 2. The van der Waals surface area contributed by atoms with Crippen molar-refractivity contribution >= 4 is 3.81 Å². The maximum Gasteiger partial charge on any atom is -0.0184 e. The van der Waals surface area contributed by atoms with Crippen LogP contribution in [0.5, 0.6) is 0 Å². The van der Waals surface area contributed by atoms with Gasteiger partial charge in [0.2, 0.25) is 0 Å². The van der Waals surface area contributed by atoms with E-state index in [9.17, 15) is 0 Å². The van der Waals surface area contributed by atoms with Crippen LogP contribution in [0.1, 0.15) is 39.8 Å². The third-order valence-electron chi connectivity index (χ3n) is 8.27. The van der Waals surface area contributed by atoms with Crippen molar-refractivity contribution in [3.8, 4) is 33.4 Å². The van der Waals surface area contributed by atoms with Gasteiger partial charge in [-0.3, -0.25) is 6.08 Å². The molecule has 0 saturated heterocycles. The van der Waals surface area contributed by atoms with E-state index in [4.69, 9.17) is 0 Å². The Kier molecular flexibility index (Phi) is 13.7. The van der Waals surface area contributed by atoms with E-state index in [-0.39, 0.29) is 24.8 Å². The van der Waals surface area contributed by atoms with Crippen LogP contribution >= 0.6 is 0 Å². The molecule has 6 aromatic carbocycles.